The molecular formula is C22H39IN4O3. The van der Waals surface area contributed by atoms with Gasteiger partial charge in [0.05, 0.1) is 33.5 Å². The van der Waals surface area contributed by atoms with E-state index in [0.717, 1.165) is 55.8 Å². The molecule has 2 rings (SSSR count). The summed E-state index contributed by atoms with van der Waals surface area (Å²) in [6.45, 7) is 12.6. The van der Waals surface area contributed by atoms with E-state index in [0.29, 0.717) is 19.0 Å². The smallest absolute Gasteiger partial charge is 0.194 e. The van der Waals surface area contributed by atoms with Crippen LogP contribution in [0.15, 0.2) is 23.2 Å². The van der Waals surface area contributed by atoms with Crippen LogP contribution in [-0.4, -0.2) is 82.5 Å². The SMILES string of the molecule is CCNC(=NCC1CN(CC(C)C)CCO1)N(C)Cc1ccc(OC)cc1OC.I. The van der Waals surface area contributed by atoms with Gasteiger partial charge in [-0.15, -0.1) is 24.0 Å². The zero-order chi connectivity index (χ0) is 21.2. The zero-order valence-corrected chi connectivity index (χ0v) is 21.6. The van der Waals surface area contributed by atoms with Gasteiger partial charge >= 0.3 is 0 Å². The van der Waals surface area contributed by atoms with Gasteiger partial charge in [-0.3, -0.25) is 9.89 Å². The molecule has 0 aromatic heterocycles. The van der Waals surface area contributed by atoms with Crippen LogP contribution in [0, 0.1) is 5.92 Å². The number of nitrogens with one attached hydrogen (secondary N) is 1. The maximum Gasteiger partial charge on any atom is 0.194 e. The molecule has 0 amide bonds. The molecule has 1 aromatic rings. The van der Waals surface area contributed by atoms with E-state index in [9.17, 15) is 0 Å². The van der Waals surface area contributed by atoms with Crippen LogP contribution in [0.1, 0.15) is 26.3 Å². The van der Waals surface area contributed by atoms with Gasteiger partial charge < -0.3 is 24.4 Å². The van der Waals surface area contributed by atoms with Crippen molar-refractivity contribution in [3.8, 4) is 11.5 Å². The third-order valence-corrected chi connectivity index (χ3v) is 4.89. The third-order valence-electron chi connectivity index (χ3n) is 4.89. The Morgan fingerprint density at radius 1 is 1.33 bits per heavy atom. The number of benzene rings is 1. The Labute approximate surface area is 199 Å². The fourth-order valence-corrected chi connectivity index (χ4v) is 3.54. The third kappa shape index (κ3) is 8.47. The van der Waals surface area contributed by atoms with Crippen molar-refractivity contribution >= 4 is 29.9 Å². The standard InChI is InChI=1S/C22H38N4O3.HI/c1-7-23-22(24-13-20-16-26(10-11-29-20)14-17(2)3)25(4)15-18-8-9-19(27-5)12-21(18)28-6;/h8-9,12,17,20H,7,10-11,13-16H2,1-6H3,(H,23,24);1H. The molecule has 1 N–H and O–H groups in total. The summed E-state index contributed by atoms with van der Waals surface area (Å²) in [7, 11) is 5.38. The van der Waals surface area contributed by atoms with Crippen LogP contribution in [0.4, 0.5) is 0 Å². The Hall–Kier alpha value is -1.26. The van der Waals surface area contributed by atoms with Gasteiger partial charge in [0.1, 0.15) is 11.5 Å². The molecule has 172 valence electrons. The predicted molar refractivity (Wildman–Crippen MR) is 133 cm³/mol. The lowest BCUT2D eigenvalue weighted by Gasteiger charge is -2.33. The number of methoxy groups -OCH3 is 2. The van der Waals surface area contributed by atoms with E-state index in [1.54, 1.807) is 14.2 Å². The number of ether oxygens (including phenoxy) is 3. The minimum atomic E-state index is 0. The highest BCUT2D eigenvalue weighted by molar-refractivity contribution is 14.0. The van der Waals surface area contributed by atoms with Crippen LogP contribution in [0.2, 0.25) is 0 Å². The van der Waals surface area contributed by atoms with Crippen molar-refractivity contribution in [2.24, 2.45) is 10.9 Å². The first kappa shape index (κ1) is 26.8. The molecular weight excluding hydrogens is 495 g/mol. The summed E-state index contributed by atoms with van der Waals surface area (Å²) in [5.41, 5.74) is 1.08. The lowest BCUT2D eigenvalue weighted by Crippen LogP contribution is -2.46. The number of hydrogen-bond acceptors (Lipinski definition) is 5. The highest BCUT2D eigenvalue weighted by atomic mass is 127. The van der Waals surface area contributed by atoms with Crippen molar-refractivity contribution in [2.45, 2.75) is 33.4 Å². The summed E-state index contributed by atoms with van der Waals surface area (Å²) >= 11 is 0. The number of halogens is 1. The quantitative estimate of drug-likeness (QED) is 0.299. The second kappa shape index (κ2) is 13.9. The maximum absolute atomic E-state index is 5.95. The largest absolute Gasteiger partial charge is 0.497 e. The van der Waals surface area contributed by atoms with Crippen molar-refractivity contribution in [3.05, 3.63) is 23.8 Å². The van der Waals surface area contributed by atoms with Crippen LogP contribution in [0.5, 0.6) is 11.5 Å². The average Bonchev–Trinajstić information content (AvgIpc) is 2.71. The number of nitrogens with zero attached hydrogens (tertiary/aromatic N) is 3. The lowest BCUT2D eigenvalue weighted by atomic mass is 10.2. The summed E-state index contributed by atoms with van der Waals surface area (Å²) in [4.78, 5) is 9.44. The van der Waals surface area contributed by atoms with E-state index in [-0.39, 0.29) is 30.1 Å². The van der Waals surface area contributed by atoms with Gasteiger partial charge in [-0.05, 0) is 25.0 Å². The van der Waals surface area contributed by atoms with E-state index in [1.807, 2.05) is 25.2 Å². The zero-order valence-electron chi connectivity index (χ0n) is 19.3. The molecule has 1 aromatic carbocycles. The molecule has 1 aliphatic rings. The summed E-state index contributed by atoms with van der Waals surface area (Å²) in [5, 5.41) is 3.39. The van der Waals surface area contributed by atoms with Crippen molar-refractivity contribution in [1.29, 1.82) is 0 Å². The minimum absolute atomic E-state index is 0. The van der Waals surface area contributed by atoms with Crippen molar-refractivity contribution in [2.75, 3.05) is 60.6 Å². The summed E-state index contributed by atoms with van der Waals surface area (Å²) in [6.07, 6.45) is 0.139. The predicted octanol–water partition coefficient (Wildman–Crippen LogP) is 3.08. The first-order valence-electron chi connectivity index (χ1n) is 10.5. The molecule has 30 heavy (non-hydrogen) atoms. The first-order valence-corrected chi connectivity index (χ1v) is 10.5. The topological polar surface area (TPSA) is 58.6 Å². The van der Waals surface area contributed by atoms with Crippen LogP contribution in [0.3, 0.4) is 0 Å². The number of rotatable bonds is 9. The second-order valence-corrected chi connectivity index (χ2v) is 7.87. The van der Waals surface area contributed by atoms with Gasteiger partial charge in [0.15, 0.2) is 5.96 Å². The molecule has 0 aliphatic carbocycles. The van der Waals surface area contributed by atoms with Crippen molar-refractivity contribution < 1.29 is 14.2 Å². The Morgan fingerprint density at radius 2 is 2.10 bits per heavy atom. The molecule has 1 atom stereocenters. The average molecular weight is 534 g/mol. The van der Waals surface area contributed by atoms with E-state index >= 15 is 0 Å². The highest BCUT2D eigenvalue weighted by Gasteiger charge is 2.21. The molecule has 0 bridgehead atoms. The van der Waals surface area contributed by atoms with Crippen LogP contribution in [0.25, 0.3) is 0 Å². The fourth-order valence-electron chi connectivity index (χ4n) is 3.54. The van der Waals surface area contributed by atoms with E-state index in [1.165, 1.54) is 0 Å². The van der Waals surface area contributed by atoms with Crippen LogP contribution >= 0.6 is 24.0 Å². The summed E-state index contributed by atoms with van der Waals surface area (Å²) < 4.78 is 16.8. The number of aliphatic imine (C=N–C) groups is 1. The van der Waals surface area contributed by atoms with E-state index < -0.39 is 0 Å². The Balaban J connectivity index is 0.00000450. The Morgan fingerprint density at radius 3 is 2.73 bits per heavy atom. The fraction of sp³-hybridized carbons (Fsp3) is 0.682. The molecule has 1 heterocycles. The molecule has 0 saturated carbocycles. The van der Waals surface area contributed by atoms with Gasteiger partial charge in [-0.25, -0.2) is 0 Å². The van der Waals surface area contributed by atoms with Gasteiger partial charge in [0.25, 0.3) is 0 Å². The molecule has 8 heteroatoms. The second-order valence-electron chi connectivity index (χ2n) is 7.87. The molecule has 1 saturated heterocycles. The highest BCUT2D eigenvalue weighted by Crippen LogP contribution is 2.25. The molecule has 7 nitrogen and oxygen atoms in total. The van der Waals surface area contributed by atoms with Crippen LogP contribution in [-0.2, 0) is 11.3 Å². The van der Waals surface area contributed by atoms with Crippen LogP contribution < -0.4 is 14.8 Å². The van der Waals surface area contributed by atoms with Gasteiger partial charge in [0, 0.05) is 51.4 Å². The number of hydrogen-bond donors (Lipinski definition) is 1. The first-order chi connectivity index (χ1) is 14.0. The normalized spacial score (nSPS) is 17.4. The molecule has 1 aliphatic heterocycles. The summed E-state index contributed by atoms with van der Waals surface area (Å²) in [5.74, 6) is 3.14. The lowest BCUT2D eigenvalue weighted by molar-refractivity contribution is -0.0262. The number of morpholine rings is 1. The maximum atomic E-state index is 5.95. The molecule has 1 unspecified atom stereocenters. The van der Waals surface area contributed by atoms with Gasteiger partial charge in [-0.1, -0.05) is 13.8 Å². The monoisotopic (exact) mass is 534 g/mol. The van der Waals surface area contributed by atoms with Crippen molar-refractivity contribution in [1.82, 2.24) is 15.1 Å². The molecule has 1 fully saturated rings. The molecule has 0 radical (unpaired) electrons. The molecule has 0 spiro atoms. The van der Waals surface area contributed by atoms with Gasteiger partial charge in [-0.2, -0.15) is 0 Å². The Kier molecular flexibility index (Phi) is 12.4. The minimum Gasteiger partial charge on any atom is -0.497 e. The van der Waals surface area contributed by atoms with E-state index in [2.05, 4.69) is 35.9 Å². The van der Waals surface area contributed by atoms with E-state index in [4.69, 9.17) is 19.2 Å². The Bertz CT molecular complexity index is 657. The summed E-state index contributed by atoms with van der Waals surface area (Å²) in [6, 6.07) is 5.90. The number of guanidine groups is 1. The van der Waals surface area contributed by atoms with Crippen molar-refractivity contribution in [3.63, 3.8) is 0 Å². The van der Waals surface area contributed by atoms with Gasteiger partial charge in [0.2, 0.25) is 0 Å².